The van der Waals surface area contributed by atoms with Crippen molar-refractivity contribution >= 4 is 33.8 Å². The summed E-state index contributed by atoms with van der Waals surface area (Å²) in [5.74, 6) is 1.22. The minimum Gasteiger partial charge on any atom is -0.334 e. The van der Waals surface area contributed by atoms with Crippen molar-refractivity contribution in [2.45, 2.75) is 24.8 Å². The number of thiophene rings is 1. The van der Waals surface area contributed by atoms with Crippen molar-refractivity contribution in [3.63, 3.8) is 0 Å². The second kappa shape index (κ2) is 4.84. The van der Waals surface area contributed by atoms with Crippen LogP contribution in [0.5, 0.6) is 0 Å². The van der Waals surface area contributed by atoms with Gasteiger partial charge in [0.1, 0.15) is 0 Å². The van der Waals surface area contributed by atoms with Crippen LogP contribution in [0, 0.1) is 0 Å². The van der Waals surface area contributed by atoms with E-state index in [1.54, 1.807) is 11.3 Å². The third kappa shape index (κ3) is 1.93. The van der Waals surface area contributed by atoms with Crippen LogP contribution in [0.25, 0.3) is 21.5 Å². The molecule has 4 nitrogen and oxygen atoms in total. The third-order valence-corrected chi connectivity index (χ3v) is 4.79. The standard InChI is InChI=1S/C14H13N3OS.ClH/c15-14(6-3-7-14)13-16-12(18-17-13)10-8-19-11-5-2-1-4-9(10)11;/h1-2,4-5,8H,3,6-7,15H2;1H. The van der Waals surface area contributed by atoms with Crippen molar-refractivity contribution in [1.29, 1.82) is 0 Å². The fourth-order valence-electron chi connectivity index (χ4n) is 2.46. The Hall–Kier alpha value is -1.43. The normalized spacial score (nSPS) is 16.6. The molecular formula is C14H14ClN3OS. The summed E-state index contributed by atoms with van der Waals surface area (Å²) in [6.07, 6.45) is 3.02. The molecule has 3 aromatic rings. The van der Waals surface area contributed by atoms with E-state index in [-0.39, 0.29) is 17.9 Å². The highest BCUT2D eigenvalue weighted by Crippen LogP contribution is 2.39. The van der Waals surface area contributed by atoms with Gasteiger partial charge in [0.15, 0.2) is 5.82 Å². The summed E-state index contributed by atoms with van der Waals surface area (Å²) in [5, 5.41) is 7.28. The Balaban J connectivity index is 0.00000121. The van der Waals surface area contributed by atoms with E-state index in [2.05, 4.69) is 27.7 Å². The largest absolute Gasteiger partial charge is 0.334 e. The fraction of sp³-hybridized carbons (Fsp3) is 0.286. The maximum Gasteiger partial charge on any atom is 0.259 e. The molecular weight excluding hydrogens is 294 g/mol. The van der Waals surface area contributed by atoms with Crippen LogP contribution >= 0.6 is 23.7 Å². The molecule has 2 aromatic heterocycles. The Morgan fingerprint density at radius 3 is 2.80 bits per heavy atom. The molecule has 1 aliphatic rings. The molecule has 1 aliphatic carbocycles. The Kier molecular flexibility index (Phi) is 3.28. The number of fused-ring (bicyclic) bond motifs is 1. The van der Waals surface area contributed by atoms with Gasteiger partial charge in [-0.25, -0.2) is 0 Å². The Bertz CT molecular complexity index is 748. The lowest BCUT2D eigenvalue weighted by molar-refractivity contribution is 0.229. The quantitative estimate of drug-likeness (QED) is 0.784. The molecule has 0 radical (unpaired) electrons. The zero-order valence-corrected chi connectivity index (χ0v) is 12.3. The zero-order valence-electron chi connectivity index (χ0n) is 10.7. The molecule has 0 saturated heterocycles. The highest BCUT2D eigenvalue weighted by atomic mass is 35.5. The number of hydrogen-bond acceptors (Lipinski definition) is 5. The van der Waals surface area contributed by atoms with Gasteiger partial charge in [0, 0.05) is 15.5 Å². The van der Waals surface area contributed by atoms with Crippen LogP contribution in [-0.2, 0) is 5.54 Å². The Morgan fingerprint density at radius 2 is 2.05 bits per heavy atom. The number of nitrogens with zero attached hydrogens (tertiary/aromatic N) is 2. The van der Waals surface area contributed by atoms with E-state index >= 15 is 0 Å². The van der Waals surface area contributed by atoms with Crippen LogP contribution < -0.4 is 5.73 Å². The molecule has 1 aromatic carbocycles. The zero-order chi connectivity index (χ0) is 12.9. The second-order valence-corrected chi connectivity index (χ2v) is 5.99. The van der Waals surface area contributed by atoms with E-state index in [1.165, 1.54) is 4.70 Å². The molecule has 0 atom stereocenters. The number of benzene rings is 1. The molecule has 1 saturated carbocycles. The van der Waals surface area contributed by atoms with Crippen LogP contribution in [-0.4, -0.2) is 10.1 Å². The second-order valence-electron chi connectivity index (χ2n) is 5.08. The summed E-state index contributed by atoms with van der Waals surface area (Å²) in [6, 6.07) is 8.22. The van der Waals surface area contributed by atoms with Gasteiger partial charge in [-0.2, -0.15) is 4.98 Å². The van der Waals surface area contributed by atoms with Gasteiger partial charge in [-0.15, -0.1) is 23.7 Å². The van der Waals surface area contributed by atoms with Crippen molar-refractivity contribution in [1.82, 2.24) is 10.1 Å². The van der Waals surface area contributed by atoms with Crippen LogP contribution in [0.2, 0.25) is 0 Å². The first-order valence-corrected chi connectivity index (χ1v) is 7.24. The Morgan fingerprint density at radius 1 is 1.25 bits per heavy atom. The smallest absolute Gasteiger partial charge is 0.259 e. The van der Waals surface area contributed by atoms with Crippen LogP contribution in [0.3, 0.4) is 0 Å². The average Bonchev–Trinajstić information content (AvgIpc) is 3.02. The molecule has 4 rings (SSSR count). The van der Waals surface area contributed by atoms with E-state index in [0.29, 0.717) is 11.7 Å². The number of nitrogens with two attached hydrogens (primary N) is 1. The first-order chi connectivity index (χ1) is 9.26. The first-order valence-electron chi connectivity index (χ1n) is 6.36. The molecule has 6 heteroatoms. The summed E-state index contributed by atoms with van der Waals surface area (Å²) in [5.41, 5.74) is 6.86. The lowest BCUT2D eigenvalue weighted by Gasteiger charge is -2.34. The van der Waals surface area contributed by atoms with E-state index in [9.17, 15) is 0 Å². The lowest BCUT2D eigenvalue weighted by Crippen LogP contribution is -2.44. The molecule has 0 spiro atoms. The summed E-state index contributed by atoms with van der Waals surface area (Å²) in [4.78, 5) is 4.50. The molecule has 0 unspecified atom stereocenters. The van der Waals surface area contributed by atoms with E-state index < -0.39 is 0 Å². The summed E-state index contributed by atoms with van der Waals surface area (Å²) >= 11 is 1.69. The highest BCUT2D eigenvalue weighted by molar-refractivity contribution is 7.17. The molecule has 20 heavy (non-hydrogen) atoms. The molecule has 2 heterocycles. The summed E-state index contributed by atoms with van der Waals surface area (Å²) in [7, 11) is 0. The van der Waals surface area contributed by atoms with Gasteiger partial charge >= 0.3 is 0 Å². The summed E-state index contributed by atoms with van der Waals surface area (Å²) in [6.45, 7) is 0. The van der Waals surface area contributed by atoms with Gasteiger partial charge in [0.2, 0.25) is 0 Å². The van der Waals surface area contributed by atoms with Crippen molar-refractivity contribution in [2.75, 3.05) is 0 Å². The maximum absolute atomic E-state index is 6.22. The van der Waals surface area contributed by atoms with Crippen LogP contribution in [0.1, 0.15) is 25.1 Å². The molecule has 0 bridgehead atoms. The number of rotatable bonds is 2. The van der Waals surface area contributed by atoms with Crippen molar-refractivity contribution in [2.24, 2.45) is 5.73 Å². The van der Waals surface area contributed by atoms with Gasteiger partial charge < -0.3 is 10.3 Å². The van der Waals surface area contributed by atoms with E-state index in [1.807, 2.05) is 12.1 Å². The number of aromatic nitrogens is 2. The molecule has 1 fully saturated rings. The van der Waals surface area contributed by atoms with Gasteiger partial charge in [-0.05, 0) is 25.3 Å². The minimum absolute atomic E-state index is 0. The SMILES string of the molecule is Cl.NC1(c2noc(-c3csc4ccccc34)n2)CCC1. The molecule has 0 amide bonds. The maximum atomic E-state index is 6.22. The predicted octanol–water partition coefficient (Wildman–Crippen LogP) is 3.71. The van der Waals surface area contributed by atoms with Crippen molar-refractivity contribution < 1.29 is 4.52 Å². The average molecular weight is 308 g/mol. The fourth-order valence-corrected chi connectivity index (χ4v) is 3.39. The topological polar surface area (TPSA) is 64.9 Å². The number of hydrogen-bond donors (Lipinski definition) is 1. The van der Waals surface area contributed by atoms with E-state index in [0.717, 1.165) is 30.2 Å². The van der Waals surface area contributed by atoms with Gasteiger partial charge in [0.05, 0.1) is 11.1 Å². The molecule has 104 valence electrons. The summed E-state index contributed by atoms with van der Waals surface area (Å²) < 4.78 is 6.63. The monoisotopic (exact) mass is 307 g/mol. The Labute approximate surface area is 126 Å². The van der Waals surface area contributed by atoms with Crippen LogP contribution in [0.4, 0.5) is 0 Å². The molecule has 2 N–H and O–H groups in total. The lowest BCUT2D eigenvalue weighted by atomic mass is 9.77. The minimum atomic E-state index is -0.367. The van der Waals surface area contributed by atoms with Crippen molar-refractivity contribution in [3.05, 3.63) is 35.5 Å². The molecule has 0 aliphatic heterocycles. The van der Waals surface area contributed by atoms with Gasteiger partial charge in [-0.3, -0.25) is 0 Å². The first kappa shape index (κ1) is 13.5. The number of halogens is 1. The third-order valence-electron chi connectivity index (χ3n) is 3.83. The van der Waals surface area contributed by atoms with Crippen molar-refractivity contribution in [3.8, 4) is 11.5 Å². The van der Waals surface area contributed by atoms with Crippen LogP contribution in [0.15, 0.2) is 34.2 Å². The van der Waals surface area contributed by atoms with Gasteiger partial charge in [-0.1, -0.05) is 23.4 Å². The highest BCUT2D eigenvalue weighted by Gasteiger charge is 2.39. The van der Waals surface area contributed by atoms with Gasteiger partial charge in [0.25, 0.3) is 5.89 Å². The van der Waals surface area contributed by atoms with E-state index in [4.69, 9.17) is 10.3 Å². The predicted molar refractivity (Wildman–Crippen MR) is 82.1 cm³/mol.